The van der Waals surface area contributed by atoms with Gasteiger partial charge in [0.05, 0.1) is 18.2 Å². The Hall–Kier alpha value is -4.21. The summed E-state index contributed by atoms with van der Waals surface area (Å²) in [6.45, 7) is 8.40. The monoisotopic (exact) mass is 772 g/mol. The van der Waals surface area contributed by atoms with E-state index >= 15 is 0 Å². The van der Waals surface area contributed by atoms with Gasteiger partial charge in [-0.2, -0.15) is 6.07 Å². The molecule has 1 atom stereocenters. The van der Waals surface area contributed by atoms with Crippen molar-refractivity contribution in [1.82, 2.24) is 14.1 Å². The maximum atomic E-state index is 7.85. The summed E-state index contributed by atoms with van der Waals surface area (Å²) in [6, 6.07) is 30.2. The van der Waals surface area contributed by atoms with Gasteiger partial charge in [-0.3, -0.25) is 4.99 Å². The van der Waals surface area contributed by atoms with Crippen molar-refractivity contribution in [1.29, 1.82) is 0 Å². The molecule has 7 aromatic rings. The predicted molar refractivity (Wildman–Crippen MR) is 181 cm³/mol. The number of pyridine rings is 1. The molecule has 1 aliphatic rings. The summed E-state index contributed by atoms with van der Waals surface area (Å²) in [5, 5.41) is 4.48. The summed E-state index contributed by atoms with van der Waals surface area (Å²) < 4.78 is 33.8. The fourth-order valence-corrected chi connectivity index (χ4v) is 6.62. The first-order valence-corrected chi connectivity index (χ1v) is 15.1. The minimum absolute atomic E-state index is 0. The van der Waals surface area contributed by atoms with Gasteiger partial charge in [0.25, 0.3) is 0 Å². The van der Waals surface area contributed by atoms with Gasteiger partial charge in [-0.05, 0) is 66.7 Å². The van der Waals surface area contributed by atoms with Gasteiger partial charge in [-0.15, -0.1) is 40.8 Å². The minimum atomic E-state index is -2.22. The predicted octanol–water partition coefficient (Wildman–Crippen LogP) is 9.09. The minimum Gasteiger partial charge on any atom is -0.518 e. The normalized spacial score (nSPS) is 16.2. The summed E-state index contributed by atoms with van der Waals surface area (Å²) >= 11 is 0. The van der Waals surface area contributed by atoms with Gasteiger partial charge in [0.15, 0.2) is 0 Å². The quantitative estimate of drug-likeness (QED) is 0.168. The van der Waals surface area contributed by atoms with Crippen molar-refractivity contribution >= 4 is 49.6 Å². The average Bonchev–Trinajstić information content (AvgIpc) is 3.74. The molecule has 0 bridgehead atoms. The van der Waals surface area contributed by atoms with Crippen LogP contribution in [0.5, 0.6) is 0 Å². The van der Waals surface area contributed by atoms with Crippen LogP contribution in [0.3, 0.4) is 0 Å². The standard InChI is InChI=1S/C39H34N4O.Pt/c1-22(2)27-10-14-34-33(18-27)30-8-7-15-40-38(30)42(34)28-11-12-29-32-16-23(3)9-13-35(32)43(37(29)19-28)36-20-31(24(4)17-25(36)5)39-41-26(6)21-44-39;/h7-18,22,26H,21H2,1-6H3;/q-2;+2/t26-;/m1./s1/i6D3;. The molecule has 0 saturated heterocycles. The van der Waals surface area contributed by atoms with Crippen LogP contribution in [0.4, 0.5) is 0 Å². The van der Waals surface area contributed by atoms with Gasteiger partial charge < -0.3 is 13.9 Å². The van der Waals surface area contributed by atoms with Gasteiger partial charge in [0.2, 0.25) is 0 Å². The first-order valence-electron chi connectivity index (χ1n) is 16.6. The number of hydrogen-bond acceptors (Lipinski definition) is 3. The molecule has 45 heavy (non-hydrogen) atoms. The summed E-state index contributed by atoms with van der Waals surface area (Å²) in [4.78, 5) is 9.32. The Morgan fingerprint density at radius 3 is 2.47 bits per heavy atom. The van der Waals surface area contributed by atoms with Crippen LogP contribution in [0.25, 0.3) is 55.1 Å². The van der Waals surface area contributed by atoms with E-state index in [4.69, 9.17) is 13.8 Å². The Bertz CT molecular complexity index is 2440. The summed E-state index contributed by atoms with van der Waals surface area (Å²) in [5.41, 5.74) is 10.7. The van der Waals surface area contributed by atoms with Crippen LogP contribution in [-0.2, 0) is 25.8 Å². The molecule has 0 radical (unpaired) electrons. The molecule has 3 aromatic heterocycles. The topological polar surface area (TPSA) is 44.3 Å². The van der Waals surface area contributed by atoms with E-state index in [0.29, 0.717) is 17.4 Å². The fraction of sp³-hybridized carbons (Fsp3) is 0.231. The number of fused-ring (bicyclic) bond motifs is 6. The summed E-state index contributed by atoms with van der Waals surface area (Å²) in [6.07, 6.45) is 1.84. The van der Waals surface area contributed by atoms with Crippen LogP contribution >= 0.6 is 0 Å². The second-order valence-electron chi connectivity index (χ2n) is 12.2. The molecule has 5 nitrogen and oxygen atoms in total. The first kappa shape index (κ1) is 26.0. The molecule has 0 spiro atoms. The van der Waals surface area contributed by atoms with E-state index in [9.17, 15) is 0 Å². The van der Waals surface area contributed by atoms with Gasteiger partial charge >= 0.3 is 21.1 Å². The Morgan fingerprint density at radius 1 is 0.867 bits per heavy atom. The maximum absolute atomic E-state index is 7.85. The van der Waals surface area contributed by atoms with E-state index in [1.165, 1.54) is 16.5 Å². The van der Waals surface area contributed by atoms with Crippen molar-refractivity contribution in [3.05, 3.63) is 113 Å². The number of aromatic nitrogens is 3. The van der Waals surface area contributed by atoms with Gasteiger partial charge in [0, 0.05) is 26.6 Å². The van der Waals surface area contributed by atoms with Crippen LogP contribution in [-0.4, -0.2) is 32.7 Å². The number of nitrogens with zero attached hydrogens (tertiary/aromatic N) is 4. The molecule has 0 unspecified atom stereocenters. The molecule has 4 heterocycles. The van der Waals surface area contributed by atoms with Gasteiger partial charge in [-0.1, -0.05) is 68.2 Å². The van der Waals surface area contributed by atoms with Gasteiger partial charge in [-0.25, -0.2) is 4.98 Å². The van der Waals surface area contributed by atoms with E-state index in [1.807, 2.05) is 19.2 Å². The van der Waals surface area contributed by atoms with E-state index in [0.717, 1.165) is 60.9 Å². The number of aliphatic imine (C=N–C) groups is 1. The zero-order valence-electron chi connectivity index (χ0n) is 28.8. The summed E-state index contributed by atoms with van der Waals surface area (Å²) in [5.74, 6) is 0.735. The van der Waals surface area contributed by atoms with Gasteiger partial charge in [0.1, 0.15) is 11.5 Å². The fourth-order valence-electron chi connectivity index (χ4n) is 6.62. The molecular weight excluding hydrogens is 736 g/mol. The Labute approximate surface area is 282 Å². The van der Waals surface area contributed by atoms with Crippen LogP contribution in [0.15, 0.2) is 77.9 Å². The molecule has 0 saturated carbocycles. The van der Waals surface area contributed by atoms with Crippen molar-refractivity contribution in [2.45, 2.75) is 53.4 Å². The molecule has 0 aliphatic carbocycles. The molecule has 0 fully saturated rings. The van der Waals surface area contributed by atoms with E-state index in [1.54, 1.807) is 0 Å². The summed E-state index contributed by atoms with van der Waals surface area (Å²) in [7, 11) is 0. The molecule has 226 valence electrons. The third-order valence-corrected chi connectivity index (χ3v) is 8.81. The zero-order valence-corrected chi connectivity index (χ0v) is 28.1. The molecule has 6 heteroatoms. The van der Waals surface area contributed by atoms with Crippen LogP contribution < -0.4 is 0 Å². The number of aryl methyl sites for hydroxylation is 3. The second-order valence-corrected chi connectivity index (χ2v) is 12.2. The third-order valence-electron chi connectivity index (χ3n) is 8.81. The van der Waals surface area contributed by atoms with Crippen molar-refractivity contribution in [2.24, 2.45) is 4.99 Å². The zero-order chi connectivity index (χ0) is 32.8. The molecule has 1 aliphatic heterocycles. The molecule has 0 amide bonds. The molecule has 4 aromatic carbocycles. The number of rotatable bonds is 4. The van der Waals surface area contributed by atoms with Crippen molar-refractivity contribution in [2.75, 3.05) is 6.61 Å². The molecule has 8 rings (SSSR count). The average molecular weight is 773 g/mol. The number of hydrogen-bond donors (Lipinski definition) is 0. The first-order chi connectivity index (χ1) is 22.5. The number of ether oxygens (including phenoxy) is 1. The van der Waals surface area contributed by atoms with E-state index in [2.05, 4.69) is 115 Å². The Kier molecular flexibility index (Phi) is 6.36. The largest absolute Gasteiger partial charge is 2.00 e. The van der Waals surface area contributed by atoms with E-state index in [-0.39, 0.29) is 27.7 Å². The Morgan fingerprint density at radius 2 is 1.67 bits per heavy atom. The second kappa shape index (κ2) is 11.0. The maximum Gasteiger partial charge on any atom is 2.00 e. The number of benzene rings is 4. The Balaban J connectivity index is 0.00000364. The smallest absolute Gasteiger partial charge is 0.518 e. The van der Waals surface area contributed by atoms with Crippen LogP contribution in [0, 0.1) is 32.9 Å². The van der Waals surface area contributed by atoms with Crippen molar-refractivity contribution < 1.29 is 29.9 Å². The van der Waals surface area contributed by atoms with E-state index < -0.39 is 12.9 Å². The third kappa shape index (κ3) is 4.63. The van der Waals surface area contributed by atoms with Crippen LogP contribution in [0.1, 0.15) is 58.5 Å². The molecular formula is C39H34N4OPt. The SMILES string of the molecule is [2H]C([2H])([2H])[C@@H]1COC(c2[c-]c(-n3c4[c-]c(-n5c6ccc(C(C)C)cc6c6cccnc65)ccc4c4cc(C)ccc43)c(C)cc2C)=N1.[Pt+2]. The molecule has 0 N–H and O–H groups in total. The van der Waals surface area contributed by atoms with Crippen LogP contribution in [0.2, 0.25) is 0 Å². The van der Waals surface area contributed by atoms with Crippen molar-refractivity contribution in [3.8, 4) is 11.4 Å². The van der Waals surface area contributed by atoms with Crippen molar-refractivity contribution in [3.63, 3.8) is 0 Å².